The maximum atomic E-state index is 10.5. The van der Waals surface area contributed by atoms with E-state index in [9.17, 15) is 13.0 Å². The van der Waals surface area contributed by atoms with Gasteiger partial charge in [-0.15, -0.1) is 0 Å². The number of halogens is 1. The molecule has 9 heteroatoms. The van der Waals surface area contributed by atoms with Gasteiger partial charge in [0.1, 0.15) is 0 Å². The van der Waals surface area contributed by atoms with Crippen LogP contribution in [0.4, 0.5) is 11.4 Å². The molecule has 0 spiro atoms. The van der Waals surface area contributed by atoms with Gasteiger partial charge in [-0.05, 0) is 36.8 Å². The maximum absolute atomic E-state index is 10.5. The van der Waals surface area contributed by atoms with Gasteiger partial charge in [-0.1, -0.05) is 35.5 Å². The van der Waals surface area contributed by atoms with Crippen molar-refractivity contribution in [2.75, 3.05) is 18.1 Å². The zero-order chi connectivity index (χ0) is 16.4. The van der Waals surface area contributed by atoms with Crippen molar-refractivity contribution in [1.29, 1.82) is 0 Å². The molecule has 0 saturated heterocycles. The van der Waals surface area contributed by atoms with Crippen molar-refractivity contribution >= 4 is 45.1 Å². The third-order valence-corrected chi connectivity index (χ3v) is 5.16. The Kier molecular flexibility index (Phi) is 7.04. The minimum atomic E-state index is -4.65. The van der Waals surface area contributed by atoms with E-state index in [0.29, 0.717) is 18.0 Å². The molecule has 0 unspecified atom stereocenters. The van der Waals surface area contributed by atoms with Crippen LogP contribution in [-0.2, 0) is 14.6 Å². The summed E-state index contributed by atoms with van der Waals surface area (Å²) in [4.78, 5) is 4.25. The number of anilines is 2. The van der Waals surface area contributed by atoms with Gasteiger partial charge >= 0.3 is 29.6 Å². The maximum Gasteiger partial charge on any atom is 1.00 e. The fourth-order valence-corrected chi connectivity index (χ4v) is 3.99. The van der Waals surface area contributed by atoms with Crippen molar-refractivity contribution in [1.82, 2.24) is 0 Å². The predicted octanol–water partition coefficient (Wildman–Crippen LogP) is 0.814. The Labute approximate surface area is 172 Å². The van der Waals surface area contributed by atoms with E-state index in [0.717, 1.165) is 21.2 Å². The second-order valence-corrected chi connectivity index (χ2v) is 7.49. The number of para-hydroxylation sites is 1. The molecule has 0 bridgehead atoms. The van der Waals surface area contributed by atoms with Crippen molar-refractivity contribution in [2.45, 2.75) is 16.2 Å². The monoisotopic (exact) mass is 393 g/mol. The quantitative estimate of drug-likeness (QED) is 0.324. The van der Waals surface area contributed by atoms with E-state index >= 15 is 0 Å². The normalized spacial score (nSPS) is 13.0. The molecule has 0 amide bonds. The van der Waals surface area contributed by atoms with Crippen LogP contribution in [0.15, 0.2) is 52.3 Å². The molecule has 2 aromatic carbocycles. The van der Waals surface area contributed by atoms with Gasteiger partial charge in [0.05, 0.1) is 18.0 Å². The van der Waals surface area contributed by atoms with Crippen LogP contribution in [0, 0.1) is 0 Å². The van der Waals surface area contributed by atoms with Crippen molar-refractivity contribution < 1.29 is 46.7 Å². The van der Waals surface area contributed by atoms with Crippen LogP contribution >= 0.6 is 23.4 Å². The molecule has 0 fully saturated rings. The summed E-state index contributed by atoms with van der Waals surface area (Å²) in [6.45, 7) is 0.369. The van der Waals surface area contributed by atoms with Gasteiger partial charge in [-0.2, -0.15) is 0 Å². The Morgan fingerprint density at radius 2 is 1.83 bits per heavy atom. The first-order chi connectivity index (χ1) is 10.9. The van der Waals surface area contributed by atoms with Gasteiger partial charge in [0.25, 0.3) is 0 Å². The minimum absolute atomic E-state index is 0. The van der Waals surface area contributed by atoms with Crippen molar-refractivity contribution in [3.05, 3.63) is 47.5 Å². The van der Waals surface area contributed by atoms with Gasteiger partial charge in [-0.25, -0.2) is 8.42 Å². The number of hydrogen-bond donors (Lipinski definition) is 0. The van der Waals surface area contributed by atoms with Gasteiger partial charge in [0.2, 0.25) is 10.4 Å². The van der Waals surface area contributed by atoms with Crippen LogP contribution in [0.2, 0.25) is 5.02 Å². The summed E-state index contributed by atoms with van der Waals surface area (Å²) in [6, 6.07) is 13.6. The fourth-order valence-electron chi connectivity index (χ4n) is 2.43. The van der Waals surface area contributed by atoms with Crippen LogP contribution in [0.25, 0.3) is 0 Å². The smallest absolute Gasteiger partial charge is 0.726 e. The molecular weight excluding hydrogens is 381 g/mol. The van der Waals surface area contributed by atoms with Crippen molar-refractivity contribution in [3.8, 4) is 0 Å². The molecule has 1 aliphatic heterocycles. The number of nitrogens with zero attached hydrogens (tertiary/aromatic N) is 1. The van der Waals surface area contributed by atoms with Crippen LogP contribution < -0.4 is 34.5 Å². The summed E-state index contributed by atoms with van der Waals surface area (Å²) in [5.41, 5.74) is 1.99. The Bertz CT molecular complexity index is 832. The number of benzene rings is 2. The van der Waals surface area contributed by atoms with E-state index in [1.807, 2.05) is 42.5 Å². The fraction of sp³-hybridized carbons (Fsp3) is 0.200. The largest absolute Gasteiger partial charge is 1.00 e. The Hall–Kier alpha value is -0.250. The van der Waals surface area contributed by atoms with E-state index in [2.05, 4.69) is 9.08 Å². The zero-order valence-electron chi connectivity index (χ0n) is 12.9. The average Bonchev–Trinajstić information content (AvgIpc) is 2.50. The molecule has 0 atom stereocenters. The van der Waals surface area contributed by atoms with Gasteiger partial charge in [0, 0.05) is 21.4 Å². The molecule has 1 aliphatic rings. The molecule has 0 aromatic heterocycles. The van der Waals surface area contributed by atoms with Crippen molar-refractivity contribution in [3.63, 3.8) is 0 Å². The van der Waals surface area contributed by atoms with E-state index in [1.165, 1.54) is 0 Å². The minimum Gasteiger partial charge on any atom is -0.726 e. The molecule has 0 radical (unpaired) electrons. The Morgan fingerprint density at radius 3 is 2.58 bits per heavy atom. The van der Waals surface area contributed by atoms with E-state index in [1.54, 1.807) is 11.8 Å². The number of rotatable bonds is 5. The van der Waals surface area contributed by atoms with E-state index < -0.39 is 10.4 Å². The molecule has 0 N–H and O–H groups in total. The van der Waals surface area contributed by atoms with Crippen LogP contribution in [0.3, 0.4) is 0 Å². The summed E-state index contributed by atoms with van der Waals surface area (Å²) >= 11 is 7.77. The number of fused-ring (bicyclic) bond motifs is 2. The van der Waals surface area contributed by atoms with Crippen LogP contribution in [-0.4, -0.2) is 26.1 Å². The second kappa shape index (κ2) is 8.42. The molecule has 122 valence electrons. The molecule has 0 aliphatic carbocycles. The van der Waals surface area contributed by atoms with Crippen molar-refractivity contribution in [2.24, 2.45) is 0 Å². The third-order valence-electron chi connectivity index (χ3n) is 3.34. The molecule has 24 heavy (non-hydrogen) atoms. The molecular formula is C15H13ClNNaO4S2. The van der Waals surface area contributed by atoms with Crippen LogP contribution in [0.1, 0.15) is 6.42 Å². The molecule has 3 rings (SSSR count). The summed E-state index contributed by atoms with van der Waals surface area (Å²) in [5.74, 6) is 0. The Morgan fingerprint density at radius 1 is 1.12 bits per heavy atom. The first-order valence-electron chi connectivity index (χ1n) is 6.88. The van der Waals surface area contributed by atoms with Gasteiger partial charge < -0.3 is 9.45 Å². The summed E-state index contributed by atoms with van der Waals surface area (Å²) in [6.07, 6.45) is 0.395. The van der Waals surface area contributed by atoms with E-state index in [-0.39, 0.29) is 36.2 Å². The van der Waals surface area contributed by atoms with Crippen LogP contribution in [0.5, 0.6) is 0 Å². The first kappa shape index (κ1) is 20.1. The zero-order valence-corrected chi connectivity index (χ0v) is 17.3. The summed E-state index contributed by atoms with van der Waals surface area (Å²) in [5, 5.41) is 0.632. The SMILES string of the molecule is O=S(=O)([O-])OCCCN1c2ccccc2Sc2ccc(Cl)cc21.[Na+]. The number of hydrogen-bond acceptors (Lipinski definition) is 6. The second-order valence-electron chi connectivity index (χ2n) is 4.92. The summed E-state index contributed by atoms with van der Waals surface area (Å²) < 4.78 is 35.8. The molecule has 2 aromatic rings. The van der Waals surface area contributed by atoms with E-state index in [4.69, 9.17) is 11.6 Å². The molecule has 0 saturated carbocycles. The Balaban J connectivity index is 0.00000208. The standard InChI is InChI=1S/C15H14ClNO4S2.Na/c16-11-6-7-15-13(10-11)17(8-3-9-21-23(18,19)20)12-4-1-2-5-14(12)22-15;/h1-2,4-7,10H,3,8-9H2,(H,18,19,20);/q;+1/p-1. The topological polar surface area (TPSA) is 69.7 Å². The first-order valence-corrected chi connectivity index (χ1v) is 9.41. The third kappa shape index (κ3) is 4.89. The molecule has 1 heterocycles. The van der Waals surface area contributed by atoms with Gasteiger partial charge in [0.15, 0.2) is 0 Å². The average molecular weight is 394 g/mol. The summed E-state index contributed by atoms with van der Waals surface area (Å²) in [7, 11) is -4.65. The molecule has 5 nitrogen and oxygen atoms in total. The van der Waals surface area contributed by atoms with Gasteiger partial charge in [-0.3, -0.25) is 4.18 Å². The predicted molar refractivity (Wildman–Crippen MR) is 89.3 cm³/mol.